The minimum absolute atomic E-state index is 0.117. The molecule has 0 saturated carbocycles. The number of hydrogen-bond donors (Lipinski definition) is 0. The van der Waals surface area contributed by atoms with Crippen LogP contribution in [0.2, 0.25) is 0 Å². The molecule has 1 heterocycles. The number of fused-ring (bicyclic) bond motifs is 1. The summed E-state index contributed by atoms with van der Waals surface area (Å²) in [5.74, 6) is -1.54. The van der Waals surface area contributed by atoms with E-state index in [2.05, 4.69) is 0 Å². The summed E-state index contributed by atoms with van der Waals surface area (Å²) in [5.41, 5.74) is 3.24. The highest BCUT2D eigenvalue weighted by molar-refractivity contribution is 5.92. The van der Waals surface area contributed by atoms with E-state index in [1.54, 1.807) is 24.3 Å². The van der Waals surface area contributed by atoms with Crippen molar-refractivity contribution in [1.29, 1.82) is 0 Å². The molecule has 7 nitrogen and oxygen atoms in total. The first-order valence-corrected chi connectivity index (χ1v) is 10.2. The Balaban J connectivity index is 1.62. The van der Waals surface area contributed by atoms with Crippen LogP contribution in [-0.2, 0) is 43.4 Å². The maximum Gasteiger partial charge on any atom is 0.338 e. The largest absolute Gasteiger partial charge is 0.467 e. The van der Waals surface area contributed by atoms with Crippen LogP contribution < -0.4 is 0 Å². The number of carbonyl (C=O) groups is 3. The lowest BCUT2D eigenvalue weighted by molar-refractivity contribution is -0.155. The molecule has 0 spiro atoms. The predicted octanol–water partition coefficient (Wildman–Crippen LogP) is 2.89. The van der Waals surface area contributed by atoms with Crippen LogP contribution in [0.4, 0.5) is 0 Å². The molecular formula is C24H27NO6. The van der Waals surface area contributed by atoms with Crippen molar-refractivity contribution in [3.63, 3.8) is 0 Å². The molecule has 3 rings (SSSR count). The van der Waals surface area contributed by atoms with Gasteiger partial charge in [0.05, 0.1) is 25.4 Å². The van der Waals surface area contributed by atoms with Crippen LogP contribution in [0.25, 0.3) is 0 Å². The van der Waals surface area contributed by atoms with Crippen LogP contribution in [-0.4, -0.2) is 48.6 Å². The summed E-state index contributed by atoms with van der Waals surface area (Å²) in [5, 5.41) is 0. The molecule has 31 heavy (non-hydrogen) atoms. The number of amides is 1. The van der Waals surface area contributed by atoms with Crippen LogP contribution >= 0.6 is 0 Å². The number of benzene rings is 2. The van der Waals surface area contributed by atoms with Gasteiger partial charge in [-0.2, -0.15) is 0 Å². The fourth-order valence-corrected chi connectivity index (χ4v) is 3.43. The van der Waals surface area contributed by atoms with Gasteiger partial charge < -0.3 is 19.1 Å². The van der Waals surface area contributed by atoms with E-state index < -0.39 is 30.5 Å². The van der Waals surface area contributed by atoms with Crippen molar-refractivity contribution in [3.8, 4) is 0 Å². The molecule has 0 saturated heterocycles. The number of ether oxygens (including phenoxy) is 3. The SMILES string of the molecule is COC(=O)[C@@H]1Cc2ccccc2CN1C(=O)COC(=O)c1ccc(COC(C)C)cc1. The zero-order valence-corrected chi connectivity index (χ0v) is 18.0. The first-order chi connectivity index (χ1) is 14.9. The molecule has 0 radical (unpaired) electrons. The molecule has 0 unspecified atom stereocenters. The second-order valence-corrected chi connectivity index (χ2v) is 7.67. The predicted molar refractivity (Wildman–Crippen MR) is 113 cm³/mol. The van der Waals surface area contributed by atoms with Crippen LogP contribution in [0.1, 0.15) is 40.9 Å². The topological polar surface area (TPSA) is 82.1 Å². The summed E-state index contributed by atoms with van der Waals surface area (Å²) in [4.78, 5) is 38.8. The molecule has 1 amide bonds. The van der Waals surface area contributed by atoms with Gasteiger partial charge in [-0.3, -0.25) is 4.79 Å². The van der Waals surface area contributed by atoms with E-state index in [1.807, 2.05) is 38.1 Å². The Morgan fingerprint density at radius 1 is 1.03 bits per heavy atom. The third-order valence-corrected chi connectivity index (χ3v) is 5.14. The number of esters is 2. The molecule has 2 aromatic carbocycles. The third kappa shape index (κ3) is 5.70. The number of carbonyl (C=O) groups excluding carboxylic acids is 3. The molecule has 164 valence electrons. The van der Waals surface area contributed by atoms with E-state index in [-0.39, 0.29) is 12.6 Å². The molecule has 1 atom stereocenters. The van der Waals surface area contributed by atoms with E-state index in [0.29, 0.717) is 18.6 Å². The van der Waals surface area contributed by atoms with Gasteiger partial charge in [0.1, 0.15) is 6.04 Å². The first kappa shape index (κ1) is 22.5. The minimum Gasteiger partial charge on any atom is -0.467 e. The normalized spacial score (nSPS) is 15.4. The molecule has 7 heteroatoms. The zero-order chi connectivity index (χ0) is 22.4. The smallest absolute Gasteiger partial charge is 0.338 e. The molecule has 0 fully saturated rings. The standard InChI is InChI=1S/C24H27NO6/c1-16(2)30-14-17-8-10-18(11-9-17)23(27)31-15-22(26)25-13-20-7-5-4-6-19(20)12-21(25)24(28)29-3/h4-11,16,21H,12-15H2,1-3H3/t21-/m0/s1. The van der Waals surface area contributed by atoms with Crippen molar-refractivity contribution in [2.45, 2.75) is 45.6 Å². The van der Waals surface area contributed by atoms with E-state index in [9.17, 15) is 14.4 Å². The van der Waals surface area contributed by atoms with Gasteiger partial charge in [-0.25, -0.2) is 9.59 Å². The maximum atomic E-state index is 12.8. The number of methoxy groups -OCH3 is 1. The molecule has 1 aliphatic rings. The average molecular weight is 425 g/mol. The first-order valence-electron chi connectivity index (χ1n) is 10.2. The highest BCUT2D eigenvalue weighted by Crippen LogP contribution is 2.24. The Labute approximate surface area is 181 Å². The van der Waals surface area contributed by atoms with E-state index >= 15 is 0 Å². The lowest BCUT2D eigenvalue weighted by atomic mass is 9.94. The summed E-state index contributed by atoms with van der Waals surface area (Å²) in [6.07, 6.45) is 0.480. The van der Waals surface area contributed by atoms with Gasteiger partial charge in [-0.15, -0.1) is 0 Å². The highest BCUT2D eigenvalue weighted by Gasteiger charge is 2.35. The number of rotatable bonds is 7. The fourth-order valence-electron chi connectivity index (χ4n) is 3.43. The van der Waals surface area contributed by atoms with Crippen molar-refractivity contribution < 1.29 is 28.6 Å². The maximum absolute atomic E-state index is 12.8. The van der Waals surface area contributed by atoms with Crippen LogP contribution in [0.15, 0.2) is 48.5 Å². The highest BCUT2D eigenvalue weighted by atomic mass is 16.5. The second-order valence-electron chi connectivity index (χ2n) is 7.67. The average Bonchev–Trinajstić information content (AvgIpc) is 2.79. The van der Waals surface area contributed by atoms with Crippen LogP contribution in [0.3, 0.4) is 0 Å². The van der Waals surface area contributed by atoms with Crippen LogP contribution in [0.5, 0.6) is 0 Å². The minimum atomic E-state index is -0.744. The van der Waals surface area contributed by atoms with E-state index in [0.717, 1.165) is 16.7 Å². The van der Waals surface area contributed by atoms with Gasteiger partial charge in [0.2, 0.25) is 0 Å². The molecule has 0 aliphatic carbocycles. The zero-order valence-electron chi connectivity index (χ0n) is 18.0. The third-order valence-electron chi connectivity index (χ3n) is 5.14. The summed E-state index contributed by atoms with van der Waals surface area (Å²) >= 11 is 0. The fraction of sp³-hybridized carbons (Fsp3) is 0.375. The van der Waals surface area contributed by atoms with Crippen molar-refractivity contribution in [2.24, 2.45) is 0 Å². The molecule has 1 aliphatic heterocycles. The Morgan fingerprint density at radius 2 is 1.71 bits per heavy atom. The van der Waals surface area contributed by atoms with Crippen molar-refractivity contribution in [2.75, 3.05) is 13.7 Å². The molecular weight excluding hydrogens is 398 g/mol. The number of hydrogen-bond acceptors (Lipinski definition) is 6. The summed E-state index contributed by atoms with van der Waals surface area (Å²) in [6, 6.07) is 13.7. The Bertz CT molecular complexity index is 937. The number of nitrogens with zero attached hydrogens (tertiary/aromatic N) is 1. The van der Waals surface area contributed by atoms with Gasteiger partial charge in [-0.1, -0.05) is 36.4 Å². The van der Waals surface area contributed by atoms with Crippen molar-refractivity contribution >= 4 is 17.8 Å². The monoisotopic (exact) mass is 425 g/mol. The van der Waals surface area contributed by atoms with E-state index in [4.69, 9.17) is 14.2 Å². The van der Waals surface area contributed by atoms with Gasteiger partial charge in [0, 0.05) is 13.0 Å². The molecule has 2 aromatic rings. The van der Waals surface area contributed by atoms with Gasteiger partial charge in [0.25, 0.3) is 5.91 Å². The molecule has 0 N–H and O–H groups in total. The lowest BCUT2D eigenvalue weighted by Crippen LogP contribution is -2.50. The Hall–Kier alpha value is -3.19. The summed E-state index contributed by atoms with van der Waals surface area (Å²) < 4.78 is 15.6. The summed E-state index contributed by atoms with van der Waals surface area (Å²) in [7, 11) is 1.29. The van der Waals surface area contributed by atoms with Crippen LogP contribution in [0, 0.1) is 0 Å². The van der Waals surface area contributed by atoms with Gasteiger partial charge in [-0.05, 0) is 42.7 Å². The van der Waals surface area contributed by atoms with Gasteiger partial charge >= 0.3 is 11.9 Å². The Morgan fingerprint density at radius 3 is 2.35 bits per heavy atom. The lowest BCUT2D eigenvalue weighted by Gasteiger charge is -2.35. The molecule has 0 bridgehead atoms. The van der Waals surface area contributed by atoms with Gasteiger partial charge in [0.15, 0.2) is 6.61 Å². The van der Waals surface area contributed by atoms with E-state index in [1.165, 1.54) is 12.0 Å². The summed E-state index contributed by atoms with van der Waals surface area (Å²) in [6.45, 7) is 4.17. The van der Waals surface area contributed by atoms with Crippen molar-refractivity contribution in [3.05, 3.63) is 70.8 Å². The Kier molecular flexibility index (Phi) is 7.41. The quantitative estimate of drug-likeness (QED) is 0.635. The molecule has 0 aromatic heterocycles. The second kappa shape index (κ2) is 10.2. The van der Waals surface area contributed by atoms with Crippen molar-refractivity contribution in [1.82, 2.24) is 4.90 Å².